The monoisotopic (exact) mass is 242 g/mol. The predicted molar refractivity (Wildman–Crippen MR) is 59.4 cm³/mol. The molecule has 1 aromatic rings. The standard InChI is InChI=1S/C11H11ClO4/c1-5-4-7(12)6(2)10(16-3)8(5)9(13)11(14)15/h4H,1-3H3,(H,14,15). The molecule has 1 aromatic carbocycles. The van der Waals surface area contributed by atoms with Crippen molar-refractivity contribution in [3.8, 4) is 5.75 Å². The van der Waals surface area contributed by atoms with Crippen LogP contribution in [0.5, 0.6) is 5.75 Å². The van der Waals surface area contributed by atoms with Crippen molar-refractivity contribution >= 4 is 23.4 Å². The smallest absolute Gasteiger partial charge is 0.377 e. The number of Topliss-reactive ketones (excluding diaryl/α,β-unsaturated/α-hetero) is 1. The van der Waals surface area contributed by atoms with E-state index in [9.17, 15) is 9.59 Å². The summed E-state index contributed by atoms with van der Waals surface area (Å²) in [4.78, 5) is 22.2. The van der Waals surface area contributed by atoms with Crippen molar-refractivity contribution in [2.75, 3.05) is 7.11 Å². The topological polar surface area (TPSA) is 63.6 Å². The van der Waals surface area contributed by atoms with Crippen LogP contribution in [0.2, 0.25) is 5.02 Å². The van der Waals surface area contributed by atoms with Crippen LogP contribution in [0.25, 0.3) is 0 Å². The van der Waals surface area contributed by atoms with Crippen molar-refractivity contribution in [3.05, 3.63) is 27.8 Å². The number of carboxylic acid groups (broad SMARTS) is 1. The molecule has 0 radical (unpaired) electrons. The van der Waals surface area contributed by atoms with Crippen LogP contribution in [0.1, 0.15) is 21.5 Å². The van der Waals surface area contributed by atoms with E-state index in [1.54, 1.807) is 19.9 Å². The fourth-order valence-corrected chi connectivity index (χ4v) is 1.74. The molecule has 0 saturated carbocycles. The van der Waals surface area contributed by atoms with E-state index in [1.807, 2.05) is 0 Å². The van der Waals surface area contributed by atoms with Crippen LogP contribution >= 0.6 is 11.6 Å². The lowest BCUT2D eigenvalue weighted by atomic mass is 10.00. The second-order valence-electron chi connectivity index (χ2n) is 3.34. The maximum absolute atomic E-state index is 11.5. The van der Waals surface area contributed by atoms with Gasteiger partial charge in [0.25, 0.3) is 5.78 Å². The summed E-state index contributed by atoms with van der Waals surface area (Å²) in [6, 6.07) is 1.55. The van der Waals surface area contributed by atoms with E-state index in [1.165, 1.54) is 7.11 Å². The minimum atomic E-state index is -1.51. The van der Waals surface area contributed by atoms with Crippen molar-refractivity contribution in [1.29, 1.82) is 0 Å². The molecule has 1 rings (SSSR count). The Kier molecular flexibility index (Phi) is 3.55. The summed E-state index contributed by atoms with van der Waals surface area (Å²) in [7, 11) is 1.37. The fourth-order valence-electron chi connectivity index (χ4n) is 1.49. The summed E-state index contributed by atoms with van der Waals surface area (Å²) in [5.41, 5.74) is 1.09. The molecule has 0 spiro atoms. The first-order valence-electron chi connectivity index (χ1n) is 4.51. The van der Waals surface area contributed by atoms with E-state index in [2.05, 4.69) is 0 Å². The minimum absolute atomic E-state index is 0.0527. The molecule has 5 heteroatoms. The zero-order valence-electron chi connectivity index (χ0n) is 9.13. The summed E-state index contributed by atoms with van der Waals surface area (Å²) in [5, 5.41) is 9.14. The zero-order chi connectivity index (χ0) is 12.5. The second-order valence-corrected chi connectivity index (χ2v) is 3.75. The molecular formula is C11H11ClO4. The van der Waals surface area contributed by atoms with E-state index in [0.717, 1.165) is 0 Å². The molecule has 0 aliphatic heterocycles. The number of carbonyl (C=O) groups excluding carboxylic acids is 1. The van der Waals surface area contributed by atoms with Gasteiger partial charge < -0.3 is 9.84 Å². The van der Waals surface area contributed by atoms with Gasteiger partial charge in [0.2, 0.25) is 0 Å². The molecule has 0 atom stereocenters. The number of hydrogen-bond donors (Lipinski definition) is 1. The quantitative estimate of drug-likeness (QED) is 0.652. The lowest BCUT2D eigenvalue weighted by Gasteiger charge is -2.13. The second kappa shape index (κ2) is 4.53. The van der Waals surface area contributed by atoms with Gasteiger partial charge in [-0.3, -0.25) is 4.79 Å². The number of methoxy groups -OCH3 is 1. The summed E-state index contributed by atoms with van der Waals surface area (Å²) in [5.74, 6) is -2.28. The van der Waals surface area contributed by atoms with Gasteiger partial charge in [0.1, 0.15) is 5.75 Å². The van der Waals surface area contributed by atoms with Gasteiger partial charge in [-0.25, -0.2) is 4.79 Å². The molecule has 0 unspecified atom stereocenters. The highest BCUT2D eigenvalue weighted by Crippen LogP contribution is 2.32. The van der Waals surface area contributed by atoms with Crippen molar-refractivity contribution < 1.29 is 19.4 Å². The summed E-state index contributed by atoms with van der Waals surface area (Å²) >= 11 is 5.92. The normalized spacial score (nSPS) is 10.0. The molecule has 0 heterocycles. The van der Waals surface area contributed by atoms with Crippen LogP contribution in [-0.2, 0) is 4.79 Å². The number of carbonyl (C=O) groups is 2. The Balaban J connectivity index is 3.55. The van der Waals surface area contributed by atoms with Crippen molar-refractivity contribution in [2.45, 2.75) is 13.8 Å². The van der Waals surface area contributed by atoms with Crippen molar-refractivity contribution in [3.63, 3.8) is 0 Å². The SMILES string of the molecule is COc1c(C)c(Cl)cc(C)c1C(=O)C(=O)O. The Labute approximate surface area is 97.8 Å². The first-order chi connectivity index (χ1) is 7.40. The maximum Gasteiger partial charge on any atom is 0.377 e. The lowest BCUT2D eigenvalue weighted by Crippen LogP contribution is -2.16. The third kappa shape index (κ3) is 2.02. The molecule has 0 fully saturated rings. The van der Waals surface area contributed by atoms with E-state index < -0.39 is 11.8 Å². The average Bonchev–Trinajstić information content (AvgIpc) is 2.21. The van der Waals surface area contributed by atoms with Gasteiger partial charge in [0, 0.05) is 10.6 Å². The maximum atomic E-state index is 11.5. The predicted octanol–water partition coefficient (Wildman–Crippen LogP) is 2.23. The van der Waals surface area contributed by atoms with Gasteiger partial charge in [-0.05, 0) is 25.5 Å². The number of benzene rings is 1. The van der Waals surface area contributed by atoms with Crippen molar-refractivity contribution in [2.24, 2.45) is 0 Å². The fraction of sp³-hybridized carbons (Fsp3) is 0.273. The van der Waals surface area contributed by atoms with E-state index in [4.69, 9.17) is 21.4 Å². The highest BCUT2D eigenvalue weighted by Gasteiger charge is 2.24. The van der Waals surface area contributed by atoms with Gasteiger partial charge in [-0.2, -0.15) is 0 Å². The van der Waals surface area contributed by atoms with E-state index in [0.29, 0.717) is 16.1 Å². The number of ketones is 1. The molecule has 0 aromatic heterocycles. The van der Waals surface area contributed by atoms with Crippen LogP contribution in [-0.4, -0.2) is 24.0 Å². The van der Waals surface area contributed by atoms with Crippen LogP contribution in [0.3, 0.4) is 0 Å². The number of aliphatic carboxylic acids is 1. The zero-order valence-corrected chi connectivity index (χ0v) is 9.88. The van der Waals surface area contributed by atoms with Crippen LogP contribution < -0.4 is 4.74 Å². The first-order valence-corrected chi connectivity index (χ1v) is 4.89. The summed E-state index contributed by atoms with van der Waals surface area (Å²) in [6.45, 7) is 3.28. The Morgan fingerprint density at radius 3 is 2.38 bits per heavy atom. The van der Waals surface area contributed by atoms with Gasteiger partial charge in [-0.15, -0.1) is 0 Å². The van der Waals surface area contributed by atoms with E-state index >= 15 is 0 Å². The highest BCUT2D eigenvalue weighted by molar-refractivity contribution is 6.41. The number of halogens is 1. The molecule has 0 amide bonds. The number of ether oxygens (including phenoxy) is 1. The average molecular weight is 243 g/mol. The summed E-state index contributed by atoms with van der Waals surface area (Å²) < 4.78 is 5.04. The molecule has 0 saturated heterocycles. The molecular weight excluding hydrogens is 232 g/mol. The molecule has 0 bridgehead atoms. The van der Waals surface area contributed by atoms with Crippen molar-refractivity contribution in [1.82, 2.24) is 0 Å². The number of rotatable bonds is 3. The molecule has 4 nitrogen and oxygen atoms in total. The third-order valence-corrected chi connectivity index (χ3v) is 2.68. The van der Waals surface area contributed by atoms with Crippen LogP contribution in [0.15, 0.2) is 6.07 Å². The minimum Gasteiger partial charge on any atom is -0.496 e. The molecule has 0 aliphatic rings. The van der Waals surface area contributed by atoms with Crippen LogP contribution in [0.4, 0.5) is 0 Å². The molecule has 0 aliphatic carbocycles. The molecule has 16 heavy (non-hydrogen) atoms. The van der Waals surface area contributed by atoms with Gasteiger partial charge >= 0.3 is 5.97 Å². The van der Waals surface area contributed by atoms with Gasteiger partial charge in [0.15, 0.2) is 0 Å². The number of hydrogen-bond acceptors (Lipinski definition) is 3. The van der Waals surface area contributed by atoms with Gasteiger partial charge in [0.05, 0.1) is 12.7 Å². The number of carboxylic acids is 1. The Hall–Kier alpha value is -1.55. The third-order valence-electron chi connectivity index (χ3n) is 2.29. The Bertz CT molecular complexity index is 466. The lowest BCUT2D eigenvalue weighted by molar-refractivity contribution is -0.131. The Morgan fingerprint density at radius 2 is 1.94 bits per heavy atom. The van der Waals surface area contributed by atoms with E-state index in [-0.39, 0.29) is 11.3 Å². The largest absolute Gasteiger partial charge is 0.496 e. The molecule has 1 N–H and O–H groups in total. The van der Waals surface area contributed by atoms with Gasteiger partial charge in [-0.1, -0.05) is 11.6 Å². The summed E-state index contributed by atoms with van der Waals surface area (Å²) in [6.07, 6.45) is 0. The Morgan fingerprint density at radius 1 is 1.38 bits per heavy atom. The number of aryl methyl sites for hydroxylation is 1. The van der Waals surface area contributed by atoms with Crippen LogP contribution in [0, 0.1) is 13.8 Å². The molecule has 86 valence electrons. The highest BCUT2D eigenvalue weighted by atomic mass is 35.5. The first kappa shape index (κ1) is 12.5.